The fourth-order valence-electron chi connectivity index (χ4n) is 2.36. The quantitative estimate of drug-likeness (QED) is 0.760. The predicted octanol–water partition coefficient (Wildman–Crippen LogP) is 1.31. The van der Waals surface area contributed by atoms with E-state index in [9.17, 15) is 4.79 Å². The monoisotopic (exact) mass is 266 g/mol. The maximum Gasteiger partial charge on any atom is 0.226 e. The van der Waals surface area contributed by atoms with Crippen LogP contribution in [0.5, 0.6) is 5.75 Å². The first kappa shape index (κ1) is 14.1. The Morgan fingerprint density at radius 3 is 2.84 bits per heavy atom. The first-order chi connectivity index (χ1) is 9.25. The molecular formula is C14H22N2O3. The molecule has 0 amide bonds. The lowest BCUT2D eigenvalue weighted by Gasteiger charge is -2.26. The van der Waals surface area contributed by atoms with Crippen LogP contribution < -0.4 is 10.7 Å². The van der Waals surface area contributed by atoms with Gasteiger partial charge in [0, 0.05) is 6.07 Å². The second-order valence-corrected chi connectivity index (χ2v) is 5.03. The van der Waals surface area contributed by atoms with E-state index in [1.54, 1.807) is 0 Å². The minimum atomic E-state index is -0.392. The summed E-state index contributed by atoms with van der Waals surface area (Å²) in [6.45, 7) is 5.02. The third-order valence-electron chi connectivity index (χ3n) is 3.44. The van der Waals surface area contributed by atoms with E-state index in [0.29, 0.717) is 12.3 Å². The number of rotatable bonds is 6. The molecule has 0 atom stereocenters. The molecule has 0 saturated carbocycles. The van der Waals surface area contributed by atoms with Crippen LogP contribution in [0.1, 0.15) is 31.4 Å². The third-order valence-corrected chi connectivity index (χ3v) is 3.44. The van der Waals surface area contributed by atoms with Crippen molar-refractivity contribution in [3.8, 4) is 5.75 Å². The maximum absolute atomic E-state index is 11.2. The zero-order valence-electron chi connectivity index (χ0n) is 11.2. The highest BCUT2D eigenvalue weighted by Gasteiger charge is 2.08. The minimum absolute atomic E-state index is 0.339. The van der Waals surface area contributed by atoms with E-state index < -0.39 is 5.43 Å². The van der Waals surface area contributed by atoms with Crippen LogP contribution in [0.4, 0.5) is 0 Å². The minimum Gasteiger partial charge on any atom is -0.502 e. The molecule has 1 aromatic heterocycles. The van der Waals surface area contributed by atoms with Gasteiger partial charge in [-0.2, -0.15) is 0 Å². The molecule has 1 fully saturated rings. The van der Waals surface area contributed by atoms with E-state index in [1.807, 2.05) is 0 Å². The van der Waals surface area contributed by atoms with E-state index in [2.05, 4.69) is 10.2 Å². The van der Waals surface area contributed by atoms with Gasteiger partial charge in [0.25, 0.3) is 0 Å². The smallest absolute Gasteiger partial charge is 0.226 e. The Morgan fingerprint density at radius 2 is 2.11 bits per heavy atom. The second kappa shape index (κ2) is 7.31. The fourth-order valence-corrected chi connectivity index (χ4v) is 2.36. The van der Waals surface area contributed by atoms with Crippen LogP contribution in [0.25, 0.3) is 0 Å². The van der Waals surface area contributed by atoms with Gasteiger partial charge in [0.2, 0.25) is 5.43 Å². The van der Waals surface area contributed by atoms with E-state index in [0.717, 1.165) is 25.8 Å². The summed E-state index contributed by atoms with van der Waals surface area (Å²) in [7, 11) is 0. The summed E-state index contributed by atoms with van der Waals surface area (Å²) in [5, 5.41) is 12.3. The Kier molecular flexibility index (Phi) is 5.42. The highest BCUT2D eigenvalue weighted by Crippen LogP contribution is 2.08. The molecule has 0 aliphatic carbocycles. The van der Waals surface area contributed by atoms with Gasteiger partial charge in [-0.15, -0.1) is 0 Å². The van der Waals surface area contributed by atoms with E-state index in [4.69, 9.17) is 9.52 Å². The molecule has 0 spiro atoms. The van der Waals surface area contributed by atoms with Crippen molar-refractivity contribution in [1.29, 1.82) is 0 Å². The van der Waals surface area contributed by atoms with Crippen molar-refractivity contribution in [3.63, 3.8) is 0 Å². The molecule has 5 heteroatoms. The molecule has 19 heavy (non-hydrogen) atoms. The normalized spacial score (nSPS) is 16.6. The molecule has 2 N–H and O–H groups in total. The standard InChI is InChI=1S/C14H22N2O3/c17-13-9-12(19-11-14(13)18)10-15-5-4-8-16-6-2-1-3-7-16/h9,11,15,18H,1-8,10H2. The Hall–Kier alpha value is -1.33. The first-order valence-electron chi connectivity index (χ1n) is 6.99. The highest BCUT2D eigenvalue weighted by atomic mass is 16.4. The summed E-state index contributed by atoms with van der Waals surface area (Å²) in [6, 6.07) is 1.33. The average molecular weight is 266 g/mol. The van der Waals surface area contributed by atoms with Gasteiger partial charge in [0.15, 0.2) is 5.75 Å². The molecule has 1 aromatic rings. The molecule has 1 saturated heterocycles. The molecule has 0 radical (unpaired) electrons. The third kappa shape index (κ3) is 4.69. The van der Waals surface area contributed by atoms with E-state index in [-0.39, 0.29) is 5.75 Å². The Morgan fingerprint density at radius 1 is 1.32 bits per heavy atom. The highest BCUT2D eigenvalue weighted by molar-refractivity contribution is 5.15. The lowest BCUT2D eigenvalue weighted by molar-refractivity contribution is 0.225. The Bertz CT molecular complexity index is 439. The molecule has 2 heterocycles. The van der Waals surface area contributed by atoms with Crippen LogP contribution in [0.15, 0.2) is 21.5 Å². The van der Waals surface area contributed by atoms with Crippen molar-refractivity contribution in [2.75, 3.05) is 26.2 Å². The van der Waals surface area contributed by atoms with Crippen molar-refractivity contribution >= 4 is 0 Å². The summed E-state index contributed by atoms with van der Waals surface area (Å²) < 4.78 is 5.11. The number of nitrogens with one attached hydrogen (secondary N) is 1. The largest absolute Gasteiger partial charge is 0.502 e. The van der Waals surface area contributed by atoms with Crippen LogP contribution in [-0.4, -0.2) is 36.2 Å². The summed E-state index contributed by atoms with van der Waals surface area (Å²) in [5.74, 6) is 0.217. The van der Waals surface area contributed by atoms with Gasteiger partial charge in [-0.3, -0.25) is 4.79 Å². The van der Waals surface area contributed by atoms with Crippen LogP contribution in [0.3, 0.4) is 0 Å². The van der Waals surface area contributed by atoms with Gasteiger partial charge in [0.1, 0.15) is 12.0 Å². The second-order valence-electron chi connectivity index (χ2n) is 5.03. The van der Waals surface area contributed by atoms with Crippen LogP contribution in [-0.2, 0) is 6.54 Å². The van der Waals surface area contributed by atoms with Gasteiger partial charge in [0.05, 0.1) is 6.54 Å². The predicted molar refractivity (Wildman–Crippen MR) is 73.3 cm³/mol. The number of nitrogens with zero attached hydrogens (tertiary/aromatic N) is 1. The van der Waals surface area contributed by atoms with Crippen molar-refractivity contribution in [2.24, 2.45) is 0 Å². The number of hydrogen-bond donors (Lipinski definition) is 2. The molecule has 0 bridgehead atoms. The topological polar surface area (TPSA) is 65.7 Å². The molecule has 5 nitrogen and oxygen atoms in total. The van der Waals surface area contributed by atoms with E-state index >= 15 is 0 Å². The van der Waals surface area contributed by atoms with Crippen molar-refractivity contribution in [3.05, 3.63) is 28.3 Å². The number of piperidine rings is 1. The Labute approximate surface area is 113 Å². The van der Waals surface area contributed by atoms with Crippen molar-refractivity contribution in [1.82, 2.24) is 10.2 Å². The molecule has 0 unspecified atom stereocenters. The zero-order valence-corrected chi connectivity index (χ0v) is 11.2. The van der Waals surface area contributed by atoms with Crippen LogP contribution in [0.2, 0.25) is 0 Å². The number of hydrogen-bond acceptors (Lipinski definition) is 5. The molecule has 0 aromatic carbocycles. The SMILES string of the molecule is O=c1cc(CNCCCN2CCCCC2)occ1O. The van der Waals surface area contributed by atoms with Gasteiger partial charge in [-0.1, -0.05) is 6.42 Å². The van der Waals surface area contributed by atoms with Crippen LogP contribution >= 0.6 is 0 Å². The zero-order chi connectivity index (χ0) is 13.5. The van der Waals surface area contributed by atoms with Gasteiger partial charge < -0.3 is 19.7 Å². The van der Waals surface area contributed by atoms with Crippen LogP contribution in [0, 0.1) is 0 Å². The Balaban J connectivity index is 1.61. The first-order valence-corrected chi connectivity index (χ1v) is 6.99. The van der Waals surface area contributed by atoms with E-state index in [1.165, 1.54) is 38.4 Å². The molecule has 2 rings (SSSR count). The van der Waals surface area contributed by atoms with Gasteiger partial charge in [-0.25, -0.2) is 0 Å². The molecule has 1 aliphatic rings. The lowest BCUT2D eigenvalue weighted by atomic mass is 10.1. The fraction of sp³-hybridized carbons (Fsp3) is 0.643. The summed E-state index contributed by atoms with van der Waals surface area (Å²) in [4.78, 5) is 13.7. The maximum atomic E-state index is 11.2. The number of likely N-dealkylation sites (tertiary alicyclic amines) is 1. The summed E-state index contributed by atoms with van der Waals surface area (Å²) >= 11 is 0. The van der Waals surface area contributed by atoms with Gasteiger partial charge >= 0.3 is 0 Å². The van der Waals surface area contributed by atoms with Crippen molar-refractivity contribution in [2.45, 2.75) is 32.2 Å². The molecular weight excluding hydrogens is 244 g/mol. The average Bonchev–Trinajstić information content (AvgIpc) is 2.43. The number of aromatic hydroxyl groups is 1. The summed E-state index contributed by atoms with van der Waals surface area (Å²) in [5.41, 5.74) is -0.392. The van der Waals surface area contributed by atoms with Gasteiger partial charge in [-0.05, 0) is 45.4 Å². The lowest BCUT2D eigenvalue weighted by Crippen LogP contribution is -2.32. The molecule has 106 valence electrons. The molecule has 1 aliphatic heterocycles. The van der Waals surface area contributed by atoms with Crippen molar-refractivity contribution < 1.29 is 9.52 Å². The summed E-state index contributed by atoms with van der Waals surface area (Å²) in [6.07, 6.45) is 6.21.